The molecule has 2 heteroatoms. The van der Waals surface area contributed by atoms with Crippen molar-refractivity contribution < 1.29 is 0 Å². The lowest BCUT2D eigenvalue weighted by Gasteiger charge is -2.34. The predicted octanol–water partition coefficient (Wildman–Crippen LogP) is 9.58. The van der Waals surface area contributed by atoms with E-state index in [1.807, 2.05) is 0 Å². The predicted molar refractivity (Wildman–Crippen MR) is 164 cm³/mol. The van der Waals surface area contributed by atoms with Crippen LogP contribution in [-0.2, 0) is 0 Å². The Bertz CT molecular complexity index is 1440. The number of hydrogen-bond acceptors (Lipinski definition) is 2. The third kappa shape index (κ3) is 4.56. The molecular formula is C37H38N2. The molecule has 0 fully saturated rings. The lowest BCUT2D eigenvalue weighted by Crippen LogP contribution is -2.33. The molecule has 2 aromatic carbocycles. The van der Waals surface area contributed by atoms with Crippen molar-refractivity contribution in [3.05, 3.63) is 144 Å². The lowest BCUT2D eigenvalue weighted by molar-refractivity contribution is 0.485. The van der Waals surface area contributed by atoms with E-state index in [0.29, 0.717) is 23.8 Å². The molecule has 5 aliphatic rings. The summed E-state index contributed by atoms with van der Waals surface area (Å²) in [6.07, 6.45) is 32.5. The Kier molecular flexibility index (Phi) is 6.48. The Morgan fingerprint density at radius 3 is 2.46 bits per heavy atom. The second-order valence-electron chi connectivity index (χ2n) is 11.6. The Hall–Kier alpha value is -3.78. The van der Waals surface area contributed by atoms with E-state index in [2.05, 4.69) is 132 Å². The first-order valence-electron chi connectivity index (χ1n) is 14.8. The summed E-state index contributed by atoms with van der Waals surface area (Å²) in [7, 11) is 0. The van der Waals surface area contributed by atoms with Crippen LogP contribution in [0.1, 0.15) is 68.4 Å². The van der Waals surface area contributed by atoms with Gasteiger partial charge in [-0.05, 0) is 92.0 Å². The number of benzene rings is 2. The molecule has 4 aliphatic carbocycles. The normalized spacial score (nSPS) is 27.0. The maximum atomic E-state index is 2.61. The first kappa shape index (κ1) is 24.3. The van der Waals surface area contributed by atoms with E-state index >= 15 is 0 Å². The smallest absolute Gasteiger partial charge is 0.0453 e. The molecule has 3 unspecified atom stereocenters. The molecule has 7 rings (SSSR count). The zero-order valence-electron chi connectivity index (χ0n) is 22.9. The van der Waals surface area contributed by atoms with Gasteiger partial charge in [-0.2, -0.15) is 0 Å². The number of para-hydroxylation sites is 1. The Balaban J connectivity index is 1.12. The summed E-state index contributed by atoms with van der Waals surface area (Å²) in [5.74, 6) is 1.53. The molecule has 39 heavy (non-hydrogen) atoms. The third-order valence-corrected chi connectivity index (χ3v) is 9.01. The zero-order chi connectivity index (χ0) is 26.2. The fourth-order valence-corrected chi connectivity index (χ4v) is 7.05. The van der Waals surface area contributed by atoms with Crippen molar-refractivity contribution >= 4 is 11.4 Å². The molecule has 2 aromatic rings. The summed E-state index contributed by atoms with van der Waals surface area (Å²) in [6, 6.07) is 18.9. The van der Waals surface area contributed by atoms with Crippen LogP contribution >= 0.6 is 0 Å². The number of hydrogen-bond donors (Lipinski definition) is 0. The lowest BCUT2D eigenvalue weighted by atomic mass is 9.83. The van der Waals surface area contributed by atoms with Crippen molar-refractivity contribution in [3.8, 4) is 0 Å². The van der Waals surface area contributed by atoms with Gasteiger partial charge in [0.25, 0.3) is 0 Å². The standard InChI is InChI=1S/C37H38N2/c1-27-16-25-35-34-14-8-9-15-36(34)39(37(35)26-27)33-23-19-29(20-24-33)28-17-21-32(22-18-28)38(30-10-4-2-5-11-30)31-12-6-3-7-13-31/h2,4,6,8-10,12-17,19-25,27-28,35,37H,3,5,7,11,18,26H2,1H3/t27-,28?,35?,37?/m0/s1. The molecule has 0 saturated carbocycles. The Morgan fingerprint density at radius 2 is 1.69 bits per heavy atom. The van der Waals surface area contributed by atoms with Gasteiger partial charge in [-0.1, -0.05) is 85.9 Å². The topological polar surface area (TPSA) is 6.48 Å². The molecule has 0 amide bonds. The quantitative estimate of drug-likeness (QED) is 0.370. The number of allylic oxidation sites excluding steroid dienone is 11. The number of nitrogens with zero attached hydrogens (tertiary/aromatic N) is 2. The van der Waals surface area contributed by atoms with Gasteiger partial charge < -0.3 is 9.80 Å². The zero-order valence-corrected chi connectivity index (χ0v) is 22.9. The number of fused-ring (bicyclic) bond motifs is 3. The molecular weight excluding hydrogens is 472 g/mol. The summed E-state index contributed by atoms with van der Waals surface area (Å²) in [5.41, 5.74) is 9.58. The first-order chi connectivity index (χ1) is 19.3. The number of anilines is 2. The molecule has 0 saturated heterocycles. The average molecular weight is 511 g/mol. The van der Waals surface area contributed by atoms with Gasteiger partial charge in [0.15, 0.2) is 0 Å². The summed E-state index contributed by atoms with van der Waals surface area (Å²) >= 11 is 0. The average Bonchev–Trinajstić information content (AvgIpc) is 3.32. The highest BCUT2D eigenvalue weighted by atomic mass is 15.2. The molecule has 2 nitrogen and oxygen atoms in total. The van der Waals surface area contributed by atoms with Gasteiger partial charge in [0.1, 0.15) is 0 Å². The van der Waals surface area contributed by atoms with Crippen molar-refractivity contribution in [1.29, 1.82) is 0 Å². The monoisotopic (exact) mass is 510 g/mol. The molecule has 0 spiro atoms. The molecule has 1 aliphatic heterocycles. The van der Waals surface area contributed by atoms with Crippen LogP contribution in [0.5, 0.6) is 0 Å². The molecule has 196 valence electrons. The summed E-state index contributed by atoms with van der Waals surface area (Å²) in [5, 5.41) is 0. The minimum Gasteiger partial charge on any atom is -0.337 e. The van der Waals surface area contributed by atoms with Gasteiger partial charge in [0.05, 0.1) is 0 Å². The second-order valence-corrected chi connectivity index (χ2v) is 11.6. The van der Waals surface area contributed by atoms with Gasteiger partial charge in [-0.3, -0.25) is 0 Å². The van der Waals surface area contributed by atoms with Gasteiger partial charge in [0.2, 0.25) is 0 Å². The molecule has 1 heterocycles. The van der Waals surface area contributed by atoms with Crippen LogP contribution in [0.25, 0.3) is 0 Å². The van der Waals surface area contributed by atoms with E-state index in [1.165, 1.54) is 46.0 Å². The van der Waals surface area contributed by atoms with Crippen LogP contribution in [0.3, 0.4) is 0 Å². The molecule has 0 bridgehead atoms. The molecule has 0 N–H and O–H groups in total. The van der Waals surface area contributed by atoms with E-state index in [4.69, 9.17) is 0 Å². The Morgan fingerprint density at radius 1 is 0.821 bits per heavy atom. The van der Waals surface area contributed by atoms with Crippen LogP contribution < -0.4 is 4.90 Å². The SMILES string of the molecule is C[C@H]1C=CC2c3ccccc3N(c3ccc(C4C=CC(N(C5=CCCC=C5)C5=CC=CCC5)=CC4)cc3)C2C1. The first-order valence-corrected chi connectivity index (χ1v) is 14.8. The van der Waals surface area contributed by atoms with Crippen molar-refractivity contribution in [2.75, 3.05) is 4.90 Å². The number of rotatable bonds is 5. The maximum Gasteiger partial charge on any atom is 0.0453 e. The van der Waals surface area contributed by atoms with Crippen molar-refractivity contribution in [1.82, 2.24) is 4.90 Å². The van der Waals surface area contributed by atoms with Crippen LogP contribution in [-0.4, -0.2) is 10.9 Å². The largest absolute Gasteiger partial charge is 0.337 e. The second kappa shape index (κ2) is 10.4. The fraction of sp³-hybridized carbons (Fsp3) is 0.297. The van der Waals surface area contributed by atoms with Gasteiger partial charge in [-0.15, -0.1) is 0 Å². The fourth-order valence-electron chi connectivity index (χ4n) is 7.05. The minimum absolute atomic E-state index is 0.414. The van der Waals surface area contributed by atoms with Crippen molar-refractivity contribution in [3.63, 3.8) is 0 Å². The van der Waals surface area contributed by atoms with Crippen molar-refractivity contribution in [2.45, 2.75) is 63.3 Å². The minimum atomic E-state index is 0.414. The molecule has 0 aromatic heterocycles. The van der Waals surface area contributed by atoms with E-state index in [9.17, 15) is 0 Å². The van der Waals surface area contributed by atoms with Crippen LogP contribution in [0.4, 0.5) is 11.4 Å². The molecule has 0 radical (unpaired) electrons. The van der Waals surface area contributed by atoms with E-state index in [0.717, 1.165) is 32.1 Å². The van der Waals surface area contributed by atoms with Crippen LogP contribution in [0, 0.1) is 5.92 Å². The van der Waals surface area contributed by atoms with E-state index < -0.39 is 0 Å². The van der Waals surface area contributed by atoms with Crippen molar-refractivity contribution in [2.24, 2.45) is 5.92 Å². The summed E-state index contributed by atoms with van der Waals surface area (Å²) in [6.45, 7) is 2.35. The summed E-state index contributed by atoms with van der Waals surface area (Å²) in [4.78, 5) is 5.09. The highest BCUT2D eigenvalue weighted by molar-refractivity contribution is 5.74. The van der Waals surface area contributed by atoms with E-state index in [1.54, 1.807) is 0 Å². The van der Waals surface area contributed by atoms with Gasteiger partial charge in [0, 0.05) is 46.3 Å². The Labute approximate surface area is 233 Å². The van der Waals surface area contributed by atoms with Crippen LogP contribution in [0.15, 0.2) is 132 Å². The highest BCUT2D eigenvalue weighted by Gasteiger charge is 2.39. The van der Waals surface area contributed by atoms with Gasteiger partial charge >= 0.3 is 0 Å². The third-order valence-electron chi connectivity index (χ3n) is 9.01. The van der Waals surface area contributed by atoms with Crippen LogP contribution in [0.2, 0.25) is 0 Å². The van der Waals surface area contributed by atoms with E-state index in [-0.39, 0.29) is 0 Å². The summed E-state index contributed by atoms with van der Waals surface area (Å²) < 4.78 is 0. The van der Waals surface area contributed by atoms with Gasteiger partial charge in [-0.25, -0.2) is 0 Å². The maximum absolute atomic E-state index is 2.61. The molecule has 4 atom stereocenters. The highest BCUT2D eigenvalue weighted by Crippen LogP contribution is 2.49.